The maximum atomic E-state index is 12.3. The largest absolute Gasteiger partial charge is 1.00 e. The number of rotatable bonds is 13. The molecule has 1 heterocycles. The number of aromatic nitrogens is 2. The van der Waals surface area contributed by atoms with E-state index < -0.39 is 31.7 Å². The molecule has 0 radical (unpaired) electrons. The number of nitrogens with zero attached hydrogens (tertiary/aromatic N) is 3. The van der Waals surface area contributed by atoms with Crippen LogP contribution in [0, 0.1) is 6.92 Å². The fourth-order valence-corrected chi connectivity index (χ4v) is 6.37. The summed E-state index contributed by atoms with van der Waals surface area (Å²) in [6.07, 6.45) is 2.97. The molecule has 0 saturated heterocycles. The van der Waals surface area contributed by atoms with Gasteiger partial charge in [0, 0.05) is 36.0 Å². The van der Waals surface area contributed by atoms with Gasteiger partial charge in [-0.2, -0.15) is 4.98 Å². The second-order valence-corrected chi connectivity index (χ2v) is 13.7. The molecule has 3 N–H and O–H groups in total. The summed E-state index contributed by atoms with van der Waals surface area (Å²) in [6, 6.07) is 13.1. The van der Waals surface area contributed by atoms with Gasteiger partial charge < -0.3 is 20.7 Å². The summed E-state index contributed by atoms with van der Waals surface area (Å²) in [5.74, 6) is -0.329. The minimum Gasteiger partial charge on any atom is -0.650 e. The van der Waals surface area contributed by atoms with Crippen LogP contribution in [-0.4, -0.2) is 49.6 Å². The van der Waals surface area contributed by atoms with Gasteiger partial charge in [-0.05, 0) is 56.2 Å². The number of benzene rings is 2. The van der Waals surface area contributed by atoms with Crippen LogP contribution >= 0.6 is 0 Å². The molecular weight excluding hydrogens is 591 g/mol. The van der Waals surface area contributed by atoms with Crippen molar-refractivity contribution in [1.29, 1.82) is 0 Å². The number of hydrogen-bond acceptors (Lipinski definition) is 10. The van der Waals surface area contributed by atoms with E-state index in [0.717, 1.165) is 16.8 Å². The summed E-state index contributed by atoms with van der Waals surface area (Å²) in [7, 11) is -7.12. The van der Waals surface area contributed by atoms with Gasteiger partial charge in [-0.25, -0.2) is 26.5 Å². The molecule has 1 aromatic heterocycles. The molecule has 1 aliphatic rings. The average molecular weight is 623 g/mol. The number of carbonyl (C=O) groups is 2. The summed E-state index contributed by atoms with van der Waals surface area (Å²) in [5.41, 5.74) is 2.88. The molecule has 4 rings (SSSR count). The molecule has 12 nitrogen and oxygen atoms in total. The number of amides is 2. The van der Waals surface area contributed by atoms with Crippen molar-refractivity contribution in [3.8, 4) is 0 Å². The van der Waals surface area contributed by atoms with Crippen LogP contribution in [0.5, 0.6) is 0 Å². The Morgan fingerprint density at radius 3 is 2.19 bits per heavy atom. The van der Waals surface area contributed by atoms with Crippen LogP contribution in [0.25, 0.3) is 5.32 Å². The Kier molecular flexibility index (Phi) is 11.5. The summed E-state index contributed by atoms with van der Waals surface area (Å²) >= 11 is 0. The van der Waals surface area contributed by atoms with Gasteiger partial charge in [0.05, 0.1) is 21.8 Å². The van der Waals surface area contributed by atoms with Crippen molar-refractivity contribution in [2.24, 2.45) is 0 Å². The van der Waals surface area contributed by atoms with Gasteiger partial charge in [0.25, 0.3) is 10.0 Å². The average Bonchev–Trinajstić information content (AvgIpc) is 3.80. The number of anilines is 4. The molecule has 0 aliphatic heterocycles. The van der Waals surface area contributed by atoms with Crippen LogP contribution in [0.15, 0.2) is 59.6 Å². The van der Waals surface area contributed by atoms with Gasteiger partial charge in [-0.15, -0.1) is 6.54 Å². The molecule has 1 fully saturated rings. The summed E-state index contributed by atoms with van der Waals surface area (Å²) in [4.78, 5) is 32.2. The first-order valence-electron chi connectivity index (χ1n) is 13.0. The zero-order valence-corrected chi connectivity index (χ0v) is 27.3. The van der Waals surface area contributed by atoms with E-state index in [-0.39, 0.29) is 70.8 Å². The summed E-state index contributed by atoms with van der Waals surface area (Å²) in [6.45, 7) is 3.57. The van der Waals surface area contributed by atoms with Crippen LogP contribution in [0.4, 0.5) is 23.1 Å². The number of sulfonamides is 1. The second kappa shape index (κ2) is 14.4. The third kappa shape index (κ3) is 9.49. The normalized spacial score (nSPS) is 13.0. The first-order valence-corrected chi connectivity index (χ1v) is 16.2. The van der Waals surface area contributed by atoms with Crippen LogP contribution in [0.3, 0.4) is 0 Å². The zero-order valence-electron chi connectivity index (χ0n) is 23.6. The van der Waals surface area contributed by atoms with E-state index in [1.165, 1.54) is 12.1 Å². The van der Waals surface area contributed by atoms with Crippen molar-refractivity contribution in [3.05, 3.63) is 71.2 Å². The number of sulfone groups is 1. The number of aryl methyl sites for hydroxylation is 1. The number of hydrogen-bond donors (Lipinski definition) is 3. The van der Waals surface area contributed by atoms with E-state index in [4.69, 9.17) is 0 Å². The Morgan fingerprint density at radius 1 is 0.952 bits per heavy atom. The fraction of sp³-hybridized carbons (Fsp3) is 0.333. The first kappa shape index (κ1) is 33.5. The molecule has 0 atom stereocenters. The van der Waals surface area contributed by atoms with E-state index in [0.29, 0.717) is 24.3 Å². The Morgan fingerprint density at radius 2 is 1.57 bits per heavy atom. The summed E-state index contributed by atoms with van der Waals surface area (Å²) in [5, 5.41) is 9.96. The van der Waals surface area contributed by atoms with Gasteiger partial charge in [-0.3, -0.25) is 4.79 Å². The van der Waals surface area contributed by atoms with Gasteiger partial charge >= 0.3 is 29.6 Å². The third-order valence-corrected chi connectivity index (χ3v) is 9.90. The Labute approximate surface area is 267 Å². The molecule has 1 aliphatic carbocycles. The summed E-state index contributed by atoms with van der Waals surface area (Å²) < 4.78 is 50.4. The van der Waals surface area contributed by atoms with Crippen molar-refractivity contribution >= 4 is 54.8 Å². The van der Waals surface area contributed by atoms with Crippen LogP contribution in [-0.2, 0) is 36.0 Å². The van der Waals surface area contributed by atoms with E-state index in [1.54, 1.807) is 25.3 Å². The van der Waals surface area contributed by atoms with Crippen molar-refractivity contribution in [3.63, 3.8) is 0 Å². The van der Waals surface area contributed by atoms with Gasteiger partial charge in [0.1, 0.15) is 5.82 Å². The molecule has 2 amide bonds. The Hall–Kier alpha value is -3.04. The molecule has 0 spiro atoms. The minimum absolute atomic E-state index is 0. The van der Waals surface area contributed by atoms with Crippen LogP contribution in [0.1, 0.15) is 43.7 Å². The van der Waals surface area contributed by atoms with E-state index in [2.05, 4.69) is 25.9 Å². The van der Waals surface area contributed by atoms with Crippen molar-refractivity contribution < 1.29 is 56.0 Å². The maximum absolute atomic E-state index is 12.3. The monoisotopic (exact) mass is 622 g/mol. The van der Waals surface area contributed by atoms with Crippen molar-refractivity contribution in [2.75, 3.05) is 16.4 Å². The number of carbonyl (C=O) groups excluding carboxylic acids is 2. The van der Waals surface area contributed by atoms with E-state index in [9.17, 15) is 26.4 Å². The predicted octanol–water partition coefficient (Wildman–Crippen LogP) is 0.859. The predicted molar refractivity (Wildman–Crippen MR) is 155 cm³/mol. The molecule has 15 heteroatoms. The molecule has 0 unspecified atom stereocenters. The second-order valence-electron chi connectivity index (χ2n) is 9.61. The smallest absolute Gasteiger partial charge is 0.650 e. The minimum atomic E-state index is -3.94. The van der Waals surface area contributed by atoms with Crippen LogP contribution in [0.2, 0.25) is 0 Å². The molecule has 42 heavy (non-hydrogen) atoms. The van der Waals surface area contributed by atoms with Gasteiger partial charge in [0.15, 0.2) is 9.84 Å². The molecule has 2 aromatic carbocycles. The standard InChI is InChI=1S/C27H32N6O6S2.Na/c1-3-24(34)33-41(38,39)23-10-8-21(9-11-23)31-27-29-16-18(2)26(32-27)30-20-6-4-19(5-7-20)17-28-25(35)14-15-40(36,37)22-12-13-22;/h4-11,16,22H,3,12-15,17H2,1-2H3,(H4,28,29,30,31,32,33,34,35);/q;+1/p-1. The zero-order chi connectivity index (χ0) is 29.6. The molecular formula is C27H31N6NaO6S2. The quantitative estimate of drug-likeness (QED) is 0.232. The van der Waals surface area contributed by atoms with Crippen LogP contribution < -0.4 is 44.9 Å². The Balaban J connectivity index is 0.00000484. The molecule has 3 aromatic rings. The SMILES string of the molecule is CCC(=O)NS(=O)(=O)c1ccc(Nc2ncc(C)c(Nc3ccc(C[N-]C(=O)CCS(=O)(=O)C4CC4)cc3)n2)cc1.[Na+]. The maximum Gasteiger partial charge on any atom is 1.00 e. The third-order valence-electron chi connectivity index (χ3n) is 6.25. The van der Waals surface area contributed by atoms with Crippen molar-refractivity contribution in [2.45, 2.75) is 56.2 Å². The molecule has 0 bridgehead atoms. The fourth-order valence-electron chi connectivity index (χ4n) is 3.67. The Bertz CT molecular complexity index is 1630. The van der Waals surface area contributed by atoms with Gasteiger partial charge in [0.2, 0.25) is 11.9 Å². The topological polar surface area (TPSA) is 178 Å². The van der Waals surface area contributed by atoms with Gasteiger partial charge in [-0.1, -0.05) is 24.6 Å². The first-order chi connectivity index (χ1) is 19.4. The molecule has 1 saturated carbocycles. The van der Waals surface area contributed by atoms with E-state index >= 15 is 0 Å². The number of nitrogens with one attached hydrogen (secondary N) is 3. The van der Waals surface area contributed by atoms with Crippen molar-refractivity contribution in [1.82, 2.24) is 14.7 Å². The van der Waals surface area contributed by atoms with E-state index in [1.807, 2.05) is 35.9 Å². The molecule has 218 valence electrons.